The zero-order valence-corrected chi connectivity index (χ0v) is 22.7. The van der Waals surface area contributed by atoms with Crippen LogP contribution in [0.15, 0.2) is 121 Å². The summed E-state index contributed by atoms with van der Waals surface area (Å²) >= 11 is 0. The van der Waals surface area contributed by atoms with Crippen LogP contribution in [0.2, 0.25) is 0 Å². The molecule has 8 rings (SSSR count). The first-order valence-corrected chi connectivity index (χ1v) is 13.9. The van der Waals surface area contributed by atoms with Crippen LogP contribution in [-0.2, 0) is 6.42 Å². The maximum absolute atomic E-state index is 14.2. The van der Waals surface area contributed by atoms with E-state index < -0.39 is 0 Å². The Balaban J connectivity index is 1.13. The van der Waals surface area contributed by atoms with E-state index in [1.807, 2.05) is 57.7 Å². The van der Waals surface area contributed by atoms with E-state index in [1.54, 1.807) is 24.3 Å². The topological polar surface area (TPSA) is 9.86 Å². The zero-order chi connectivity index (χ0) is 29.2. The van der Waals surface area contributed by atoms with E-state index in [-0.39, 0.29) is 23.3 Å². The first-order chi connectivity index (χ1) is 20.9. The summed E-state index contributed by atoms with van der Waals surface area (Å²) in [6.07, 6.45) is 0.660. The average molecular weight is 571 g/mol. The van der Waals surface area contributed by atoms with Crippen LogP contribution >= 0.6 is 0 Å². The lowest BCUT2D eigenvalue weighted by Gasteiger charge is -2.11. The smallest absolute Gasteiger partial charge is 0.125 e. The third-order valence-electron chi connectivity index (χ3n) is 8.18. The number of nitrogens with zero attached hydrogens (tertiary/aromatic N) is 2. The molecule has 0 fully saturated rings. The van der Waals surface area contributed by atoms with Crippen molar-refractivity contribution in [2.75, 3.05) is 0 Å². The Morgan fingerprint density at radius 1 is 0.349 bits per heavy atom. The van der Waals surface area contributed by atoms with E-state index >= 15 is 0 Å². The SMILES string of the molecule is Fc1ccc2c3ccc(F)cc3n(-c3ccc(Cc4ccc(-n5c6cc(F)ccc6c6ccc(F)cc65)cc4)cc3)c2c1. The molecule has 0 atom stereocenters. The van der Waals surface area contributed by atoms with Crippen molar-refractivity contribution in [2.24, 2.45) is 0 Å². The van der Waals surface area contributed by atoms with Gasteiger partial charge in [-0.1, -0.05) is 24.3 Å². The molecule has 0 bridgehead atoms. The Bertz CT molecular complexity index is 2060. The molecule has 0 saturated carbocycles. The second-order valence-corrected chi connectivity index (χ2v) is 10.8. The van der Waals surface area contributed by atoms with Crippen molar-refractivity contribution < 1.29 is 17.6 Å². The normalized spacial score (nSPS) is 11.8. The molecule has 6 aromatic carbocycles. The van der Waals surface area contributed by atoms with Crippen LogP contribution in [0.3, 0.4) is 0 Å². The minimum absolute atomic E-state index is 0.353. The van der Waals surface area contributed by atoms with Gasteiger partial charge in [0.2, 0.25) is 0 Å². The van der Waals surface area contributed by atoms with Gasteiger partial charge in [0.05, 0.1) is 22.1 Å². The summed E-state index contributed by atoms with van der Waals surface area (Å²) in [4.78, 5) is 0. The third kappa shape index (κ3) is 4.17. The molecule has 0 aliphatic rings. The lowest BCUT2D eigenvalue weighted by molar-refractivity contribution is 0.628. The van der Waals surface area contributed by atoms with Crippen molar-refractivity contribution in [3.63, 3.8) is 0 Å². The highest BCUT2D eigenvalue weighted by atomic mass is 19.1. The van der Waals surface area contributed by atoms with Gasteiger partial charge in [0.25, 0.3) is 0 Å². The molecule has 0 radical (unpaired) electrons. The van der Waals surface area contributed by atoms with Crippen LogP contribution in [0.4, 0.5) is 17.6 Å². The van der Waals surface area contributed by atoms with Gasteiger partial charge in [0.15, 0.2) is 0 Å². The minimum atomic E-state index is -0.353. The molecule has 0 N–H and O–H groups in total. The molecule has 2 heterocycles. The highest BCUT2D eigenvalue weighted by molar-refractivity contribution is 6.10. The number of hydrogen-bond acceptors (Lipinski definition) is 0. The van der Waals surface area contributed by atoms with E-state index in [2.05, 4.69) is 0 Å². The lowest BCUT2D eigenvalue weighted by Crippen LogP contribution is -1.97. The van der Waals surface area contributed by atoms with E-state index in [9.17, 15) is 17.6 Å². The van der Waals surface area contributed by atoms with E-state index in [4.69, 9.17) is 0 Å². The summed E-state index contributed by atoms with van der Waals surface area (Å²) < 4.78 is 60.7. The molecule has 43 heavy (non-hydrogen) atoms. The third-order valence-corrected chi connectivity index (χ3v) is 8.18. The van der Waals surface area contributed by atoms with Crippen molar-refractivity contribution in [2.45, 2.75) is 6.42 Å². The zero-order valence-electron chi connectivity index (χ0n) is 22.7. The van der Waals surface area contributed by atoms with Gasteiger partial charge >= 0.3 is 0 Å². The van der Waals surface area contributed by atoms with Gasteiger partial charge in [-0.25, -0.2) is 17.6 Å². The Labute approximate surface area is 243 Å². The van der Waals surface area contributed by atoms with Crippen molar-refractivity contribution in [3.8, 4) is 11.4 Å². The standard InChI is InChI=1S/C37H22F4N2/c38-24-5-13-30-31-14-6-25(39)19-35(31)42(34(30)18-24)28-9-1-22(2-10-28)17-23-3-11-29(12-4-23)43-36-20-26(40)7-15-32(36)33-16-8-27(41)21-37(33)43/h1-16,18-21H,17H2. The van der Waals surface area contributed by atoms with Gasteiger partial charge in [-0.15, -0.1) is 0 Å². The van der Waals surface area contributed by atoms with Crippen LogP contribution in [0.5, 0.6) is 0 Å². The first kappa shape index (κ1) is 25.4. The van der Waals surface area contributed by atoms with Crippen LogP contribution in [0.1, 0.15) is 11.1 Å². The van der Waals surface area contributed by atoms with Gasteiger partial charge in [0.1, 0.15) is 23.3 Å². The van der Waals surface area contributed by atoms with Crippen LogP contribution < -0.4 is 0 Å². The molecular weight excluding hydrogens is 548 g/mol. The summed E-state index contributed by atoms with van der Waals surface area (Å²) in [5, 5.41) is 3.42. The molecule has 2 aromatic heterocycles. The van der Waals surface area contributed by atoms with E-state index in [0.29, 0.717) is 28.5 Å². The lowest BCUT2D eigenvalue weighted by atomic mass is 10.0. The van der Waals surface area contributed by atoms with Crippen molar-refractivity contribution >= 4 is 43.6 Å². The Morgan fingerprint density at radius 2 is 0.628 bits per heavy atom. The van der Waals surface area contributed by atoms with Gasteiger partial charge in [-0.2, -0.15) is 0 Å². The number of fused-ring (bicyclic) bond motifs is 6. The van der Waals surface area contributed by atoms with Crippen LogP contribution in [0, 0.1) is 23.3 Å². The fraction of sp³-hybridized carbons (Fsp3) is 0.0270. The Kier molecular flexibility index (Phi) is 5.66. The molecular formula is C37H22F4N2. The molecule has 2 nitrogen and oxygen atoms in total. The second kappa shape index (κ2) is 9.60. The largest absolute Gasteiger partial charge is 0.309 e. The van der Waals surface area contributed by atoms with Crippen LogP contribution in [0.25, 0.3) is 55.0 Å². The molecule has 0 amide bonds. The summed E-state index contributed by atoms with van der Waals surface area (Å²) in [6, 6.07) is 34.4. The quantitative estimate of drug-likeness (QED) is 0.186. The molecule has 6 heteroatoms. The van der Waals surface area contributed by atoms with Crippen molar-refractivity contribution in [1.82, 2.24) is 9.13 Å². The van der Waals surface area contributed by atoms with Crippen LogP contribution in [-0.4, -0.2) is 9.13 Å². The van der Waals surface area contributed by atoms with Gasteiger partial charge in [-0.3, -0.25) is 0 Å². The molecule has 0 unspecified atom stereocenters. The van der Waals surface area contributed by atoms with Gasteiger partial charge in [0, 0.05) is 32.9 Å². The predicted molar refractivity (Wildman–Crippen MR) is 164 cm³/mol. The summed E-state index contributed by atoms with van der Waals surface area (Å²) in [6.45, 7) is 0. The van der Waals surface area contributed by atoms with E-state index in [0.717, 1.165) is 44.0 Å². The maximum Gasteiger partial charge on any atom is 0.125 e. The van der Waals surface area contributed by atoms with Crippen molar-refractivity contribution in [1.29, 1.82) is 0 Å². The number of benzene rings is 6. The summed E-state index contributed by atoms with van der Waals surface area (Å²) in [7, 11) is 0. The molecule has 0 aliphatic heterocycles. The number of halogens is 4. The fourth-order valence-corrected chi connectivity index (χ4v) is 6.25. The van der Waals surface area contributed by atoms with Gasteiger partial charge in [-0.05, 0) is 115 Å². The fourth-order valence-electron chi connectivity index (χ4n) is 6.25. The average Bonchev–Trinajstić information content (AvgIpc) is 3.48. The predicted octanol–water partition coefficient (Wildman–Crippen LogP) is 10.0. The molecule has 8 aromatic rings. The monoisotopic (exact) mass is 570 g/mol. The van der Waals surface area contributed by atoms with E-state index in [1.165, 1.54) is 48.5 Å². The molecule has 0 spiro atoms. The van der Waals surface area contributed by atoms with Crippen molar-refractivity contribution in [3.05, 3.63) is 156 Å². The molecule has 0 aliphatic carbocycles. The maximum atomic E-state index is 14.2. The number of hydrogen-bond donors (Lipinski definition) is 0. The number of rotatable bonds is 4. The molecule has 0 saturated heterocycles. The Morgan fingerprint density at radius 3 is 0.907 bits per heavy atom. The Hall–Kier alpha value is -5.36. The highest BCUT2D eigenvalue weighted by Gasteiger charge is 2.16. The second-order valence-electron chi connectivity index (χ2n) is 10.8. The highest BCUT2D eigenvalue weighted by Crippen LogP contribution is 2.35. The summed E-state index contributed by atoms with van der Waals surface area (Å²) in [5.74, 6) is -1.41. The molecule has 208 valence electrons. The van der Waals surface area contributed by atoms with Gasteiger partial charge < -0.3 is 9.13 Å². The minimum Gasteiger partial charge on any atom is -0.309 e. The first-order valence-electron chi connectivity index (χ1n) is 13.9. The summed E-state index contributed by atoms with van der Waals surface area (Å²) in [5.41, 5.74) is 6.44. The number of aromatic nitrogens is 2.